The van der Waals surface area contributed by atoms with Gasteiger partial charge in [0.25, 0.3) is 0 Å². The maximum Gasteiger partial charge on any atom is 0.135 e. The van der Waals surface area contributed by atoms with Gasteiger partial charge in [0.1, 0.15) is 12.0 Å². The summed E-state index contributed by atoms with van der Waals surface area (Å²) < 4.78 is 23.6. The molecule has 0 unspecified atom stereocenters. The van der Waals surface area contributed by atoms with Crippen molar-refractivity contribution in [2.24, 2.45) is 0 Å². The van der Waals surface area contributed by atoms with Gasteiger partial charge >= 0.3 is 0 Å². The van der Waals surface area contributed by atoms with Crippen molar-refractivity contribution in [3.63, 3.8) is 0 Å². The first-order chi connectivity index (χ1) is 14.7. The Balaban J connectivity index is 1.24. The van der Waals surface area contributed by atoms with Gasteiger partial charge in [-0.1, -0.05) is 54.6 Å². The molecule has 2 aromatic carbocycles. The number of benzene rings is 2. The van der Waals surface area contributed by atoms with Gasteiger partial charge in [0.2, 0.25) is 0 Å². The number of rotatable bonds is 10. The van der Waals surface area contributed by atoms with Crippen LogP contribution in [0, 0.1) is 0 Å². The Labute approximate surface area is 179 Å². The second-order valence-electron chi connectivity index (χ2n) is 7.95. The lowest BCUT2D eigenvalue weighted by atomic mass is 10.1. The van der Waals surface area contributed by atoms with E-state index in [0.29, 0.717) is 25.9 Å². The molecule has 30 heavy (non-hydrogen) atoms. The fourth-order valence-electron chi connectivity index (χ4n) is 4.10. The maximum atomic E-state index is 6.37. The molecule has 1 fully saturated rings. The molecule has 0 amide bonds. The molecule has 5 heteroatoms. The molecule has 1 saturated heterocycles. The Morgan fingerprint density at radius 3 is 2.57 bits per heavy atom. The highest BCUT2D eigenvalue weighted by Crippen LogP contribution is 2.31. The van der Waals surface area contributed by atoms with Crippen LogP contribution in [0.1, 0.15) is 24.5 Å². The summed E-state index contributed by atoms with van der Waals surface area (Å²) >= 11 is 0. The molecule has 0 aromatic heterocycles. The molecule has 160 valence electrons. The van der Waals surface area contributed by atoms with E-state index in [0.717, 1.165) is 24.3 Å². The summed E-state index contributed by atoms with van der Waals surface area (Å²) in [5.41, 5.74) is 2.33. The summed E-state index contributed by atoms with van der Waals surface area (Å²) in [5.74, 6) is 0.861. The second kappa shape index (κ2) is 10.2. The lowest BCUT2D eigenvalue weighted by molar-refractivity contribution is -0.0706. The van der Waals surface area contributed by atoms with Crippen LogP contribution >= 0.6 is 0 Å². The van der Waals surface area contributed by atoms with Crippen LogP contribution in [0.2, 0.25) is 0 Å². The van der Waals surface area contributed by atoms with Gasteiger partial charge < -0.3 is 18.9 Å². The molecule has 2 heterocycles. The van der Waals surface area contributed by atoms with Crippen LogP contribution in [0.15, 0.2) is 66.7 Å². The summed E-state index contributed by atoms with van der Waals surface area (Å²) in [6.45, 7) is 4.81. The Kier molecular flexibility index (Phi) is 7.18. The van der Waals surface area contributed by atoms with E-state index in [1.54, 1.807) is 7.11 Å². The van der Waals surface area contributed by atoms with E-state index < -0.39 is 0 Å². The number of fused-ring (bicyclic) bond motifs is 1. The second-order valence-corrected chi connectivity index (χ2v) is 7.95. The third-order valence-corrected chi connectivity index (χ3v) is 5.74. The predicted octanol–water partition coefficient (Wildman–Crippen LogP) is 4.17. The van der Waals surface area contributed by atoms with Crippen molar-refractivity contribution >= 4 is 0 Å². The van der Waals surface area contributed by atoms with Crippen LogP contribution in [-0.2, 0) is 27.4 Å². The molecule has 0 spiro atoms. The van der Waals surface area contributed by atoms with E-state index in [2.05, 4.69) is 36.1 Å². The van der Waals surface area contributed by atoms with Gasteiger partial charge in [-0.3, -0.25) is 4.90 Å². The smallest absolute Gasteiger partial charge is 0.135 e. The number of hydrogen-bond acceptors (Lipinski definition) is 5. The van der Waals surface area contributed by atoms with Crippen molar-refractivity contribution in [1.82, 2.24) is 4.90 Å². The van der Waals surface area contributed by atoms with Gasteiger partial charge in [-0.25, -0.2) is 0 Å². The quantitative estimate of drug-likeness (QED) is 0.551. The predicted molar refractivity (Wildman–Crippen MR) is 116 cm³/mol. The van der Waals surface area contributed by atoms with Crippen molar-refractivity contribution in [2.75, 3.05) is 20.3 Å². The summed E-state index contributed by atoms with van der Waals surface area (Å²) in [4.78, 5) is 2.38. The van der Waals surface area contributed by atoms with E-state index in [1.807, 2.05) is 42.5 Å². The van der Waals surface area contributed by atoms with Crippen LogP contribution in [0.3, 0.4) is 0 Å². The largest absolute Gasteiger partial charge is 0.497 e. The van der Waals surface area contributed by atoms with Crippen LogP contribution < -0.4 is 4.74 Å². The topological polar surface area (TPSA) is 40.2 Å². The Bertz CT molecular complexity index is 808. The van der Waals surface area contributed by atoms with Crippen molar-refractivity contribution in [2.45, 2.75) is 51.0 Å². The molecule has 0 bridgehead atoms. The monoisotopic (exact) mass is 409 g/mol. The highest BCUT2D eigenvalue weighted by molar-refractivity contribution is 5.26. The van der Waals surface area contributed by atoms with E-state index in [9.17, 15) is 0 Å². The van der Waals surface area contributed by atoms with Gasteiger partial charge in [0.05, 0.1) is 45.2 Å². The first-order valence-corrected chi connectivity index (χ1v) is 10.7. The normalized spacial score (nSPS) is 24.1. The van der Waals surface area contributed by atoms with Gasteiger partial charge in [-0.05, 0) is 30.2 Å². The van der Waals surface area contributed by atoms with E-state index in [1.165, 1.54) is 5.56 Å². The lowest BCUT2D eigenvalue weighted by Crippen LogP contribution is -2.36. The molecule has 0 N–H and O–H groups in total. The molecule has 0 radical (unpaired) electrons. The molecule has 2 aliphatic heterocycles. The van der Waals surface area contributed by atoms with Crippen LogP contribution in [-0.4, -0.2) is 49.6 Å². The van der Waals surface area contributed by atoms with Gasteiger partial charge in [0, 0.05) is 13.0 Å². The van der Waals surface area contributed by atoms with Crippen molar-refractivity contribution in [1.29, 1.82) is 0 Å². The zero-order valence-electron chi connectivity index (χ0n) is 17.8. The molecule has 2 aromatic rings. The van der Waals surface area contributed by atoms with E-state index in [-0.39, 0.29) is 18.4 Å². The highest BCUT2D eigenvalue weighted by atomic mass is 16.6. The van der Waals surface area contributed by atoms with Gasteiger partial charge in [0.15, 0.2) is 0 Å². The first kappa shape index (κ1) is 21.1. The molecule has 0 saturated carbocycles. The fraction of sp³-hybridized carbons (Fsp3) is 0.440. The number of ether oxygens (including phenoxy) is 4. The SMILES string of the molecule is COc1ccc(CO[C@H](C)C[C@H]2O[C@H](COCc3ccccc3)N3CC=C[C@@H]23)cc1. The zero-order valence-corrected chi connectivity index (χ0v) is 17.8. The highest BCUT2D eigenvalue weighted by Gasteiger charge is 2.42. The van der Waals surface area contributed by atoms with Crippen molar-refractivity contribution < 1.29 is 18.9 Å². The fourth-order valence-corrected chi connectivity index (χ4v) is 4.10. The average molecular weight is 410 g/mol. The molecule has 2 aliphatic rings. The van der Waals surface area contributed by atoms with Gasteiger partial charge in [-0.15, -0.1) is 0 Å². The lowest BCUT2D eigenvalue weighted by Gasteiger charge is -2.21. The summed E-state index contributed by atoms with van der Waals surface area (Å²) in [5, 5.41) is 0. The van der Waals surface area contributed by atoms with Crippen LogP contribution in [0.4, 0.5) is 0 Å². The third-order valence-electron chi connectivity index (χ3n) is 5.74. The molecular formula is C25H31NO4. The first-order valence-electron chi connectivity index (χ1n) is 10.7. The van der Waals surface area contributed by atoms with Crippen molar-refractivity contribution in [3.8, 4) is 5.75 Å². The Hall–Kier alpha value is -2.18. The molecule has 4 rings (SSSR count). The number of nitrogens with zero attached hydrogens (tertiary/aromatic N) is 1. The number of hydrogen-bond donors (Lipinski definition) is 0. The third kappa shape index (κ3) is 5.29. The van der Waals surface area contributed by atoms with Gasteiger partial charge in [-0.2, -0.15) is 0 Å². The summed E-state index contributed by atoms with van der Waals surface area (Å²) in [6.07, 6.45) is 5.58. The maximum absolute atomic E-state index is 6.37. The molecule has 5 nitrogen and oxygen atoms in total. The Morgan fingerprint density at radius 2 is 1.80 bits per heavy atom. The minimum absolute atomic E-state index is 0.00694. The standard InChI is InChI=1S/C25H31NO4/c1-19(29-17-21-10-12-22(27-2)13-11-21)15-24-23-9-6-14-26(23)25(30-24)18-28-16-20-7-4-3-5-8-20/h3-13,19,23-25H,14-18H2,1-2H3/t19-,23+,24-,25-/m1/s1. The minimum atomic E-state index is -0.00694. The van der Waals surface area contributed by atoms with E-state index >= 15 is 0 Å². The molecule has 4 atom stereocenters. The number of methoxy groups -OCH3 is 1. The molecule has 0 aliphatic carbocycles. The van der Waals surface area contributed by atoms with Crippen LogP contribution in [0.25, 0.3) is 0 Å². The summed E-state index contributed by atoms with van der Waals surface area (Å²) in [7, 11) is 1.68. The van der Waals surface area contributed by atoms with Crippen LogP contribution in [0.5, 0.6) is 5.75 Å². The van der Waals surface area contributed by atoms with Crippen molar-refractivity contribution in [3.05, 3.63) is 77.9 Å². The molecular weight excluding hydrogens is 378 g/mol. The minimum Gasteiger partial charge on any atom is -0.497 e. The summed E-state index contributed by atoms with van der Waals surface area (Å²) in [6, 6.07) is 18.6. The zero-order chi connectivity index (χ0) is 20.8. The Morgan fingerprint density at radius 1 is 1.03 bits per heavy atom. The van der Waals surface area contributed by atoms with E-state index in [4.69, 9.17) is 18.9 Å². The average Bonchev–Trinajstić information content (AvgIpc) is 3.38.